The van der Waals surface area contributed by atoms with Crippen molar-refractivity contribution in [2.24, 2.45) is 11.7 Å². The molecule has 1 aliphatic heterocycles. The number of amides is 1. The number of hydrogen-bond donors (Lipinski definition) is 2. The van der Waals surface area contributed by atoms with Crippen LogP contribution in [0.5, 0.6) is 11.5 Å². The van der Waals surface area contributed by atoms with Gasteiger partial charge in [-0.25, -0.2) is 0 Å². The summed E-state index contributed by atoms with van der Waals surface area (Å²) in [5, 5.41) is 2.88. The summed E-state index contributed by atoms with van der Waals surface area (Å²) in [5.41, 5.74) is 6.67. The van der Waals surface area contributed by atoms with E-state index in [0.29, 0.717) is 11.4 Å². The zero-order chi connectivity index (χ0) is 16.4. The van der Waals surface area contributed by atoms with E-state index in [9.17, 15) is 4.79 Å². The Labute approximate surface area is 149 Å². The Balaban J connectivity index is 0.00000208. The van der Waals surface area contributed by atoms with E-state index in [-0.39, 0.29) is 24.2 Å². The summed E-state index contributed by atoms with van der Waals surface area (Å²) in [7, 11) is 0. The van der Waals surface area contributed by atoms with E-state index in [1.807, 2.05) is 32.0 Å². The first-order valence-corrected chi connectivity index (χ1v) is 8.61. The van der Waals surface area contributed by atoms with Gasteiger partial charge < -0.3 is 20.5 Å². The van der Waals surface area contributed by atoms with Gasteiger partial charge in [0.1, 0.15) is 0 Å². The highest BCUT2D eigenvalue weighted by atomic mass is 35.5. The number of ether oxygens (including phenoxy) is 2. The molecule has 0 saturated heterocycles. The summed E-state index contributed by atoms with van der Waals surface area (Å²) in [6.45, 7) is 4.01. The molecule has 1 aromatic carbocycles. The Morgan fingerprint density at radius 2 is 1.92 bits per heavy atom. The lowest BCUT2D eigenvalue weighted by Gasteiger charge is -2.31. The zero-order valence-electron chi connectivity index (χ0n) is 14.3. The van der Waals surface area contributed by atoms with Crippen LogP contribution in [0.25, 0.3) is 0 Å². The molecular weight excluding hydrogens is 328 g/mol. The summed E-state index contributed by atoms with van der Waals surface area (Å²) >= 11 is 0. The van der Waals surface area contributed by atoms with Crippen LogP contribution in [-0.4, -0.2) is 17.7 Å². The number of fused-ring (bicyclic) bond motifs is 1. The van der Waals surface area contributed by atoms with Crippen molar-refractivity contribution < 1.29 is 14.3 Å². The van der Waals surface area contributed by atoms with Crippen molar-refractivity contribution >= 4 is 24.0 Å². The fourth-order valence-corrected chi connectivity index (χ4v) is 3.20. The highest BCUT2D eigenvalue weighted by Crippen LogP contribution is 2.46. The molecule has 1 aliphatic carbocycles. The van der Waals surface area contributed by atoms with Gasteiger partial charge in [0.2, 0.25) is 5.91 Å². The van der Waals surface area contributed by atoms with E-state index in [0.717, 1.165) is 37.9 Å². The number of nitrogens with one attached hydrogen (secondary N) is 1. The third-order valence-corrected chi connectivity index (χ3v) is 4.98. The Morgan fingerprint density at radius 3 is 2.58 bits per heavy atom. The van der Waals surface area contributed by atoms with Gasteiger partial charge in [-0.05, 0) is 30.9 Å². The van der Waals surface area contributed by atoms with E-state index in [4.69, 9.17) is 15.2 Å². The van der Waals surface area contributed by atoms with Crippen molar-refractivity contribution in [3.63, 3.8) is 0 Å². The molecule has 3 N–H and O–H groups in total. The van der Waals surface area contributed by atoms with E-state index in [1.165, 1.54) is 6.42 Å². The van der Waals surface area contributed by atoms with Gasteiger partial charge in [0.15, 0.2) is 11.5 Å². The molecule has 134 valence electrons. The van der Waals surface area contributed by atoms with Gasteiger partial charge in [0.05, 0.1) is 6.04 Å². The summed E-state index contributed by atoms with van der Waals surface area (Å²) < 4.78 is 12.1. The molecule has 24 heavy (non-hydrogen) atoms. The minimum Gasteiger partial charge on any atom is -0.448 e. The van der Waals surface area contributed by atoms with E-state index in [1.54, 1.807) is 0 Å². The van der Waals surface area contributed by atoms with Crippen molar-refractivity contribution in [1.29, 1.82) is 0 Å². The maximum atomic E-state index is 12.2. The van der Waals surface area contributed by atoms with Crippen LogP contribution in [-0.2, 0) is 4.79 Å². The summed E-state index contributed by atoms with van der Waals surface area (Å²) in [6, 6.07) is 5.03. The predicted octanol–water partition coefficient (Wildman–Crippen LogP) is 3.85. The SMILES string of the molecule is CCC(C)C(N)C(=O)Nc1ccc2c(c1)OC1(CCCCC1)O2.Cl. The maximum absolute atomic E-state index is 12.2. The van der Waals surface area contributed by atoms with Gasteiger partial charge in [0, 0.05) is 24.6 Å². The average molecular weight is 355 g/mol. The van der Waals surface area contributed by atoms with Crippen LogP contribution in [0.1, 0.15) is 52.4 Å². The number of hydrogen-bond acceptors (Lipinski definition) is 4. The minimum absolute atomic E-state index is 0. The second-order valence-electron chi connectivity index (χ2n) is 6.74. The highest BCUT2D eigenvalue weighted by molar-refractivity contribution is 5.95. The molecule has 2 atom stereocenters. The topological polar surface area (TPSA) is 73.6 Å². The molecule has 6 heteroatoms. The molecule has 3 rings (SSSR count). The summed E-state index contributed by atoms with van der Waals surface area (Å²) in [6.07, 6.45) is 6.20. The van der Waals surface area contributed by atoms with Crippen LogP contribution in [0.4, 0.5) is 5.69 Å². The molecule has 0 aromatic heterocycles. The number of rotatable bonds is 4. The Morgan fingerprint density at radius 1 is 1.25 bits per heavy atom. The second kappa shape index (κ2) is 7.62. The monoisotopic (exact) mass is 354 g/mol. The van der Waals surface area contributed by atoms with Gasteiger partial charge in [-0.2, -0.15) is 0 Å². The highest BCUT2D eigenvalue weighted by Gasteiger charge is 2.42. The van der Waals surface area contributed by atoms with E-state index < -0.39 is 11.8 Å². The molecule has 5 nitrogen and oxygen atoms in total. The first kappa shape index (κ1) is 18.9. The molecule has 1 aromatic rings. The van der Waals surface area contributed by atoms with Crippen molar-refractivity contribution in [1.82, 2.24) is 0 Å². The summed E-state index contributed by atoms with van der Waals surface area (Å²) in [4.78, 5) is 12.2. The molecule has 0 bridgehead atoms. The molecule has 1 fully saturated rings. The number of nitrogens with two attached hydrogens (primary N) is 1. The van der Waals surface area contributed by atoms with Gasteiger partial charge in [-0.15, -0.1) is 12.4 Å². The first-order chi connectivity index (χ1) is 11.0. The van der Waals surface area contributed by atoms with Gasteiger partial charge in [0.25, 0.3) is 5.79 Å². The third kappa shape index (κ3) is 3.78. The Kier molecular flexibility index (Phi) is 5.99. The molecule has 0 radical (unpaired) electrons. The number of carbonyl (C=O) groups is 1. The van der Waals surface area contributed by atoms with Crippen LogP contribution in [0.2, 0.25) is 0 Å². The van der Waals surface area contributed by atoms with Crippen LogP contribution in [0, 0.1) is 5.92 Å². The predicted molar refractivity (Wildman–Crippen MR) is 96.8 cm³/mol. The van der Waals surface area contributed by atoms with Crippen molar-refractivity contribution in [3.8, 4) is 11.5 Å². The fraction of sp³-hybridized carbons (Fsp3) is 0.611. The van der Waals surface area contributed by atoms with Crippen LogP contribution < -0.4 is 20.5 Å². The van der Waals surface area contributed by atoms with Gasteiger partial charge in [-0.1, -0.05) is 26.7 Å². The number of halogens is 1. The van der Waals surface area contributed by atoms with Crippen molar-refractivity contribution in [2.75, 3.05) is 5.32 Å². The molecule has 1 heterocycles. The van der Waals surface area contributed by atoms with Crippen LogP contribution in [0.15, 0.2) is 18.2 Å². The molecule has 2 aliphatic rings. The molecule has 1 saturated carbocycles. The van der Waals surface area contributed by atoms with E-state index >= 15 is 0 Å². The fourth-order valence-electron chi connectivity index (χ4n) is 3.20. The van der Waals surface area contributed by atoms with Crippen molar-refractivity contribution in [2.45, 2.75) is 64.2 Å². The lowest BCUT2D eigenvalue weighted by atomic mass is 9.94. The Bertz CT molecular complexity index is 588. The van der Waals surface area contributed by atoms with Crippen LogP contribution >= 0.6 is 12.4 Å². The quantitative estimate of drug-likeness (QED) is 0.861. The van der Waals surface area contributed by atoms with Crippen LogP contribution in [0.3, 0.4) is 0 Å². The molecule has 2 unspecified atom stereocenters. The standard InChI is InChI=1S/C18H26N2O3.ClH/c1-3-12(2)16(19)17(21)20-13-7-8-14-15(11-13)23-18(22-14)9-5-4-6-10-18;/h7-8,11-12,16H,3-6,9-10,19H2,1-2H3,(H,20,21);1H. The molecule has 1 amide bonds. The van der Waals surface area contributed by atoms with Gasteiger partial charge in [-0.3, -0.25) is 4.79 Å². The maximum Gasteiger partial charge on any atom is 0.251 e. The smallest absolute Gasteiger partial charge is 0.251 e. The summed E-state index contributed by atoms with van der Waals surface area (Å²) in [5.74, 6) is 0.967. The lowest BCUT2D eigenvalue weighted by Crippen LogP contribution is -2.40. The lowest BCUT2D eigenvalue weighted by molar-refractivity contribution is -0.118. The normalized spacial score (nSPS) is 20.1. The second-order valence-corrected chi connectivity index (χ2v) is 6.74. The number of anilines is 1. The zero-order valence-corrected chi connectivity index (χ0v) is 15.2. The third-order valence-electron chi connectivity index (χ3n) is 4.98. The first-order valence-electron chi connectivity index (χ1n) is 8.61. The number of benzene rings is 1. The Hall–Kier alpha value is -1.46. The molecule has 1 spiro atoms. The average Bonchev–Trinajstić information content (AvgIpc) is 2.90. The largest absolute Gasteiger partial charge is 0.448 e. The van der Waals surface area contributed by atoms with Crippen molar-refractivity contribution in [3.05, 3.63) is 18.2 Å². The number of carbonyl (C=O) groups excluding carboxylic acids is 1. The van der Waals surface area contributed by atoms with Gasteiger partial charge >= 0.3 is 0 Å². The molecular formula is C18H27ClN2O3. The van der Waals surface area contributed by atoms with E-state index in [2.05, 4.69) is 5.32 Å². The minimum atomic E-state index is -0.505.